The Kier molecular flexibility index (Phi) is 222. The molecule has 5 nitrogen and oxygen atoms in total. The predicted molar refractivity (Wildman–Crippen MR) is 414 cm³/mol. The summed E-state index contributed by atoms with van der Waals surface area (Å²) in [6.07, 6.45) is 42.3. The third-order valence-electron chi connectivity index (χ3n) is 8.77. The fourth-order valence-electron chi connectivity index (χ4n) is 5.50. The number of carbonyl (C=O) groups excluding carboxylic acids is 1. The van der Waals surface area contributed by atoms with Crippen LogP contribution in [-0.4, -0.2) is 43.7 Å². The van der Waals surface area contributed by atoms with Gasteiger partial charge in [0.05, 0.1) is 6.21 Å². The average molecular weight is 1190 g/mol. The van der Waals surface area contributed by atoms with Crippen molar-refractivity contribution in [3.63, 3.8) is 0 Å². The molecule has 4 heterocycles. The number of aliphatic imine (C=N–C) groups is 4. The lowest BCUT2D eigenvalue weighted by molar-refractivity contribution is -0.112. The topological polar surface area (TPSA) is 66.5 Å². The van der Waals surface area contributed by atoms with Gasteiger partial charge in [-0.2, -0.15) is 0 Å². The maximum atomic E-state index is 10.3. The van der Waals surface area contributed by atoms with E-state index in [2.05, 4.69) is 90.3 Å². The van der Waals surface area contributed by atoms with Crippen LogP contribution in [0.1, 0.15) is 363 Å². The molecule has 0 unspecified atom stereocenters. The van der Waals surface area contributed by atoms with Crippen LogP contribution in [0.15, 0.2) is 130 Å². The molecule has 0 saturated heterocycles. The predicted octanol–water partition coefficient (Wildman–Crippen LogP) is 29.8. The van der Waals surface area contributed by atoms with Crippen LogP contribution < -0.4 is 0 Å². The molecule has 0 aromatic heterocycles. The molecular weight excluding hydrogens is 1020 g/mol. The Morgan fingerprint density at radius 2 is 0.631 bits per heavy atom. The highest BCUT2D eigenvalue weighted by atomic mass is 16.1. The Balaban J connectivity index is -0.0000000421. The molecule has 5 heteroatoms. The van der Waals surface area contributed by atoms with Crippen LogP contribution in [0.2, 0.25) is 0 Å². The highest BCUT2D eigenvalue weighted by Crippen LogP contribution is 2.21. The average Bonchev–Trinajstić information content (AvgIpc) is 4.50. The lowest BCUT2D eigenvalue weighted by Crippen LogP contribution is -2.05. The molecule has 508 valence electrons. The minimum atomic E-state index is 0.172. The smallest absolute Gasteiger partial charge is 0.173 e. The molecule has 0 amide bonds. The second kappa shape index (κ2) is 153. The lowest BCUT2D eigenvalue weighted by atomic mass is 9.97. The summed E-state index contributed by atoms with van der Waals surface area (Å²) >= 11 is 0. The third-order valence-corrected chi connectivity index (χ3v) is 8.77. The molecule has 8 aliphatic rings. The molecule has 0 N–H and O–H groups in total. The van der Waals surface area contributed by atoms with Crippen molar-refractivity contribution >= 4 is 30.6 Å². The van der Waals surface area contributed by atoms with Crippen molar-refractivity contribution in [2.24, 2.45) is 20.0 Å². The van der Waals surface area contributed by atoms with E-state index in [1.807, 2.05) is 240 Å². The van der Waals surface area contributed by atoms with Gasteiger partial charge >= 0.3 is 0 Å². The Labute approximate surface area is 538 Å². The lowest BCUT2D eigenvalue weighted by Gasteiger charge is -2.10. The number of allylic oxidation sites excluding steroid dienone is 10. The molecule has 4 aliphatic carbocycles. The largest absolute Gasteiger partial charge is 0.293 e. The summed E-state index contributed by atoms with van der Waals surface area (Å²) in [7, 11) is 0. The van der Waals surface area contributed by atoms with Crippen molar-refractivity contribution in [1.82, 2.24) is 0 Å². The first-order valence-corrected chi connectivity index (χ1v) is 35.8. The summed E-state index contributed by atoms with van der Waals surface area (Å²) in [5.41, 5.74) is 8.69. The summed E-state index contributed by atoms with van der Waals surface area (Å²) in [5.74, 6) is 0.172. The molecular formula is C79H166N4O. The maximum absolute atomic E-state index is 10.3. The molecule has 0 radical (unpaired) electrons. The number of rotatable bonds is 0. The van der Waals surface area contributed by atoms with Gasteiger partial charge in [0.2, 0.25) is 0 Å². The normalized spacial score (nSPS) is 13.9. The summed E-state index contributed by atoms with van der Waals surface area (Å²) in [6.45, 7) is 92.2. The van der Waals surface area contributed by atoms with E-state index in [4.69, 9.17) is 0 Å². The molecule has 4 aliphatic heterocycles. The molecule has 2 saturated carbocycles. The van der Waals surface area contributed by atoms with Gasteiger partial charge < -0.3 is 0 Å². The van der Waals surface area contributed by atoms with E-state index >= 15 is 0 Å². The first kappa shape index (κ1) is 122. The first-order chi connectivity index (χ1) is 41.2. The zero-order chi connectivity index (χ0) is 70.1. The second-order valence-electron chi connectivity index (χ2n) is 14.1. The zero-order valence-electron chi connectivity index (χ0n) is 64.7. The van der Waals surface area contributed by atoms with Crippen LogP contribution in [0.25, 0.3) is 0 Å². The van der Waals surface area contributed by atoms with Crippen molar-refractivity contribution < 1.29 is 4.79 Å². The van der Waals surface area contributed by atoms with E-state index < -0.39 is 0 Å². The van der Waals surface area contributed by atoms with Crippen molar-refractivity contribution in [3.8, 4) is 0 Å². The van der Waals surface area contributed by atoms with Crippen LogP contribution >= 0.6 is 0 Å². The zero-order valence-corrected chi connectivity index (χ0v) is 64.7. The number of nitrogens with zero attached hydrogens (tertiary/aromatic N) is 4. The van der Waals surface area contributed by atoms with Crippen LogP contribution in [0.5, 0.6) is 0 Å². The SMILES string of the molecule is C=C1C=CCC1.C=C1C=CCCC1.C=C1C=NCC1.C=C1CCC=N1.C=C1CCCC1.C=C1CCCC=N1.C=C1CCCCC1.CC.CC.CC.CC.CC.CC.CC.CC.CC.CC.CC.CC.CC.CC.CC.CC.O=C1C=NCCC1. The van der Waals surface area contributed by atoms with Gasteiger partial charge in [0.1, 0.15) is 0 Å². The fraction of sp³-hybridized carbons (Fsp3) is 0.709. The molecule has 0 aromatic carbocycles. The third kappa shape index (κ3) is 147. The second-order valence-corrected chi connectivity index (χ2v) is 14.1. The number of hydrogen-bond donors (Lipinski definition) is 0. The molecule has 2 fully saturated rings. The van der Waals surface area contributed by atoms with E-state index in [1.165, 1.54) is 125 Å². The number of carbonyl (C=O) groups is 1. The van der Waals surface area contributed by atoms with Gasteiger partial charge in [0, 0.05) is 49.5 Å². The van der Waals surface area contributed by atoms with Crippen molar-refractivity contribution in [2.75, 3.05) is 13.1 Å². The molecule has 0 atom stereocenters. The molecule has 84 heavy (non-hydrogen) atoms. The van der Waals surface area contributed by atoms with E-state index in [9.17, 15) is 4.79 Å². The summed E-state index contributed by atoms with van der Waals surface area (Å²) in [6, 6.07) is 0. The van der Waals surface area contributed by atoms with Gasteiger partial charge in [0.15, 0.2) is 5.78 Å². The van der Waals surface area contributed by atoms with Gasteiger partial charge in [0.25, 0.3) is 0 Å². The Bertz CT molecular complexity index is 1190. The maximum Gasteiger partial charge on any atom is 0.173 e. The van der Waals surface area contributed by atoms with E-state index in [0.717, 1.165) is 68.6 Å². The van der Waals surface area contributed by atoms with E-state index in [-0.39, 0.29) is 5.78 Å². The summed E-state index contributed by atoms with van der Waals surface area (Å²) in [4.78, 5) is 26.0. The first-order valence-electron chi connectivity index (χ1n) is 35.8. The van der Waals surface area contributed by atoms with Gasteiger partial charge in [-0.1, -0.05) is 321 Å². The van der Waals surface area contributed by atoms with Gasteiger partial charge in [-0.15, -0.1) is 0 Å². The minimum absolute atomic E-state index is 0.172. The quantitative estimate of drug-likeness (QED) is 0.223. The molecule has 0 spiro atoms. The van der Waals surface area contributed by atoms with Crippen molar-refractivity contribution in [3.05, 3.63) is 110 Å². The Morgan fingerprint density at radius 3 is 0.762 bits per heavy atom. The standard InChI is InChI=1S/C7H12.C7H10.C6H9N.C6H10.C6H8.C5H7NO.2C5H7N.16C2H6/c2*1-7-5-3-2-4-6-7;1-6-4-2-3-5-7-6;2*1-6-4-2-3-5-6;7-5-2-1-3-6-4-5;1-5-2-3-6-4-5;1-5-3-2-4-6-5;16*1-2/h1-6H2;3,5H,1-2,4,6H2;5H,1-4H2;1-5H2;2,4H,1,3,5H2;4H,1-3H2;2*4H,1-3H2;16*1-2H3. The minimum Gasteiger partial charge on any atom is -0.293 e. The number of ketones is 1. The van der Waals surface area contributed by atoms with Gasteiger partial charge in [-0.3, -0.25) is 24.8 Å². The van der Waals surface area contributed by atoms with Crippen molar-refractivity contribution in [1.29, 1.82) is 0 Å². The number of Topliss-reactive ketones (excluding diaryl/α,β-unsaturated/α-hetero) is 1. The molecule has 8 rings (SSSR count). The van der Waals surface area contributed by atoms with Crippen LogP contribution in [0.3, 0.4) is 0 Å². The van der Waals surface area contributed by atoms with Crippen molar-refractivity contribution in [2.45, 2.75) is 363 Å². The summed E-state index contributed by atoms with van der Waals surface area (Å²) < 4.78 is 0. The van der Waals surface area contributed by atoms with Crippen LogP contribution in [-0.2, 0) is 4.79 Å². The van der Waals surface area contributed by atoms with Gasteiger partial charge in [-0.05, 0) is 134 Å². The monoisotopic (exact) mass is 1190 g/mol. The Morgan fingerprint density at radius 1 is 0.286 bits per heavy atom. The van der Waals surface area contributed by atoms with E-state index in [1.54, 1.807) is 0 Å². The van der Waals surface area contributed by atoms with E-state index in [0.29, 0.717) is 6.42 Å². The number of hydrogen-bond acceptors (Lipinski definition) is 5. The molecule has 0 bridgehead atoms. The summed E-state index contributed by atoms with van der Waals surface area (Å²) in [5, 5.41) is 0. The Hall–Kier alpha value is -3.99. The van der Waals surface area contributed by atoms with Gasteiger partial charge in [-0.25, -0.2) is 0 Å². The highest BCUT2D eigenvalue weighted by Gasteiger charge is 2.02. The van der Waals surface area contributed by atoms with Crippen LogP contribution in [0.4, 0.5) is 0 Å². The van der Waals surface area contributed by atoms with Crippen LogP contribution in [0, 0.1) is 0 Å². The highest BCUT2D eigenvalue weighted by molar-refractivity contribution is 6.27. The molecule has 0 aromatic rings. The fourth-order valence-corrected chi connectivity index (χ4v) is 5.50.